The van der Waals surface area contributed by atoms with E-state index in [1.165, 1.54) is 12.1 Å². The monoisotopic (exact) mass is 320 g/mol. The summed E-state index contributed by atoms with van der Waals surface area (Å²) in [5.41, 5.74) is -0.986. The van der Waals surface area contributed by atoms with Gasteiger partial charge in [0, 0.05) is 0 Å². The molecule has 23 heavy (non-hydrogen) atoms. The molecule has 0 unspecified atom stereocenters. The maximum Gasteiger partial charge on any atom is 0.425 e. The fourth-order valence-corrected chi connectivity index (χ4v) is 1.55. The number of anilines is 1. The van der Waals surface area contributed by atoms with Gasteiger partial charge in [0.15, 0.2) is 0 Å². The largest absolute Gasteiger partial charge is 0.443 e. The molecule has 0 saturated heterocycles. The number of ether oxygens (including phenoxy) is 2. The highest BCUT2D eigenvalue weighted by Crippen LogP contribution is 2.20. The highest BCUT2D eigenvalue weighted by Gasteiger charge is 2.33. The number of hydrogen-bond acceptors (Lipinski definition) is 5. The molecule has 0 aliphatic heterocycles. The molecule has 1 aromatic rings. The van der Waals surface area contributed by atoms with Gasteiger partial charge < -0.3 is 9.47 Å². The summed E-state index contributed by atoms with van der Waals surface area (Å²) in [5.74, 6) is 0.117. The normalized spacial score (nSPS) is 11.6. The van der Waals surface area contributed by atoms with Gasteiger partial charge in [0.05, 0.1) is 5.69 Å². The van der Waals surface area contributed by atoms with E-state index in [0.717, 1.165) is 4.90 Å². The Labute approximate surface area is 137 Å². The van der Waals surface area contributed by atoms with Crippen LogP contribution in [0.1, 0.15) is 47.2 Å². The Morgan fingerprint density at radius 1 is 1.04 bits per heavy atom. The molecule has 0 aliphatic rings. The van der Waals surface area contributed by atoms with Gasteiger partial charge in [-0.15, -0.1) is 0 Å². The van der Waals surface area contributed by atoms with Crippen molar-refractivity contribution in [2.24, 2.45) is 0 Å². The predicted molar refractivity (Wildman–Crippen MR) is 89.3 cm³/mol. The third-order valence-electron chi connectivity index (χ3n) is 2.35. The second-order valence-electron chi connectivity index (χ2n) is 6.92. The first-order chi connectivity index (χ1) is 10.4. The number of imide groups is 1. The van der Waals surface area contributed by atoms with E-state index in [-0.39, 0.29) is 5.82 Å². The van der Waals surface area contributed by atoms with Gasteiger partial charge in [-0.05, 0) is 59.8 Å². The fourth-order valence-electron chi connectivity index (χ4n) is 1.55. The molecule has 6 nitrogen and oxygen atoms in total. The molecular formula is C17H24N2O4. The molecule has 0 N–H and O–H groups in total. The third-order valence-corrected chi connectivity index (χ3v) is 2.35. The van der Waals surface area contributed by atoms with Gasteiger partial charge in [0.25, 0.3) is 0 Å². The molecule has 0 atom stereocenters. The quantitative estimate of drug-likeness (QED) is 0.807. The summed E-state index contributed by atoms with van der Waals surface area (Å²) >= 11 is 0. The molecule has 0 bridgehead atoms. The lowest BCUT2D eigenvalue weighted by Crippen LogP contribution is -2.44. The van der Waals surface area contributed by atoms with Crippen molar-refractivity contribution < 1.29 is 19.1 Å². The van der Waals surface area contributed by atoms with Gasteiger partial charge in [-0.1, -0.05) is 12.6 Å². The first-order valence-corrected chi connectivity index (χ1v) is 7.28. The minimum Gasteiger partial charge on any atom is -0.443 e. The van der Waals surface area contributed by atoms with Gasteiger partial charge >= 0.3 is 12.2 Å². The number of rotatable bonds is 2. The van der Waals surface area contributed by atoms with E-state index in [9.17, 15) is 9.59 Å². The molecule has 0 aliphatic carbocycles. The maximum atomic E-state index is 12.4. The van der Waals surface area contributed by atoms with Crippen LogP contribution in [0.25, 0.3) is 6.08 Å². The number of amides is 2. The van der Waals surface area contributed by atoms with E-state index in [1.54, 1.807) is 53.7 Å². The van der Waals surface area contributed by atoms with Crippen LogP contribution in [0.15, 0.2) is 24.8 Å². The lowest BCUT2D eigenvalue weighted by Gasteiger charge is -2.28. The Bertz CT molecular complexity index is 569. The van der Waals surface area contributed by atoms with E-state index in [2.05, 4.69) is 11.6 Å². The Balaban J connectivity index is 3.22. The Kier molecular flexibility index (Phi) is 5.53. The summed E-state index contributed by atoms with van der Waals surface area (Å²) in [4.78, 5) is 29.8. The molecule has 1 aromatic heterocycles. The van der Waals surface area contributed by atoms with Crippen molar-refractivity contribution in [1.82, 2.24) is 4.98 Å². The molecule has 0 radical (unpaired) electrons. The van der Waals surface area contributed by atoms with Gasteiger partial charge in [-0.3, -0.25) is 0 Å². The standard InChI is InChI=1S/C17H24N2O4/c1-8-12-10-9-11-13(18-12)19(14(20)22-16(2,3)4)15(21)23-17(5,6)7/h8-11H,1H2,2-7H3. The molecule has 2 amide bonds. The van der Waals surface area contributed by atoms with E-state index in [1.807, 2.05) is 0 Å². The first-order valence-electron chi connectivity index (χ1n) is 7.28. The van der Waals surface area contributed by atoms with Crippen molar-refractivity contribution in [2.45, 2.75) is 52.7 Å². The molecular weight excluding hydrogens is 296 g/mol. The molecule has 0 spiro atoms. The van der Waals surface area contributed by atoms with Gasteiger partial charge in [0.1, 0.15) is 17.0 Å². The smallest absolute Gasteiger partial charge is 0.425 e. The summed E-state index contributed by atoms with van der Waals surface area (Å²) in [5, 5.41) is 0. The zero-order valence-corrected chi connectivity index (χ0v) is 14.5. The summed E-state index contributed by atoms with van der Waals surface area (Å²) in [6, 6.07) is 4.90. The molecule has 1 rings (SSSR count). The lowest BCUT2D eigenvalue weighted by molar-refractivity contribution is 0.0429. The molecule has 126 valence electrons. The van der Waals surface area contributed by atoms with Crippen molar-refractivity contribution in [1.29, 1.82) is 0 Å². The first kappa shape index (κ1) is 18.7. The van der Waals surface area contributed by atoms with Crippen LogP contribution in [0, 0.1) is 0 Å². The second-order valence-corrected chi connectivity index (χ2v) is 6.92. The average molecular weight is 320 g/mol. The summed E-state index contributed by atoms with van der Waals surface area (Å²) in [6.45, 7) is 13.9. The maximum absolute atomic E-state index is 12.4. The van der Waals surface area contributed by atoms with Crippen LogP contribution in [0.4, 0.5) is 15.4 Å². The van der Waals surface area contributed by atoms with Crippen molar-refractivity contribution in [3.8, 4) is 0 Å². The van der Waals surface area contributed by atoms with E-state index < -0.39 is 23.4 Å². The third kappa shape index (κ3) is 6.10. The van der Waals surface area contributed by atoms with Crippen molar-refractivity contribution in [2.75, 3.05) is 4.90 Å². The van der Waals surface area contributed by atoms with Crippen LogP contribution in [0.5, 0.6) is 0 Å². The lowest BCUT2D eigenvalue weighted by atomic mass is 10.2. The predicted octanol–water partition coefficient (Wildman–Crippen LogP) is 4.40. The van der Waals surface area contributed by atoms with Crippen molar-refractivity contribution >= 4 is 24.1 Å². The number of carbonyl (C=O) groups excluding carboxylic acids is 2. The average Bonchev–Trinajstić information content (AvgIpc) is 2.34. The van der Waals surface area contributed by atoms with Crippen molar-refractivity contribution in [3.05, 3.63) is 30.5 Å². The van der Waals surface area contributed by atoms with Crippen LogP contribution in [0.3, 0.4) is 0 Å². The fraction of sp³-hybridized carbons (Fsp3) is 0.471. The summed E-state index contributed by atoms with van der Waals surface area (Å²) in [6.07, 6.45) is -0.174. The SMILES string of the molecule is C=Cc1cccc(N(C(=O)OC(C)(C)C)C(=O)OC(C)(C)C)n1. The Morgan fingerprint density at radius 2 is 1.52 bits per heavy atom. The minimum absolute atomic E-state index is 0.117. The number of carbonyl (C=O) groups is 2. The number of pyridine rings is 1. The number of hydrogen-bond donors (Lipinski definition) is 0. The van der Waals surface area contributed by atoms with Crippen LogP contribution in [-0.4, -0.2) is 28.4 Å². The topological polar surface area (TPSA) is 68.7 Å². The molecule has 0 saturated carbocycles. The molecule has 0 fully saturated rings. The van der Waals surface area contributed by atoms with E-state index in [0.29, 0.717) is 5.69 Å². The second kappa shape index (κ2) is 6.81. The Morgan fingerprint density at radius 3 is 1.91 bits per heavy atom. The summed E-state index contributed by atoms with van der Waals surface area (Å²) < 4.78 is 10.6. The molecule has 0 aromatic carbocycles. The number of aromatic nitrogens is 1. The zero-order chi connectivity index (χ0) is 17.8. The van der Waals surface area contributed by atoms with Gasteiger partial charge in [-0.25, -0.2) is 14.6 Å². The zero-order valence-electron chi connectivity index (χ0n) is 14.5. The highest BCUT2D eigenvalue weighted by molar-refractivity contribution is 6.08. The van der Waals surface area contributed by atoms with E-state index >= 15 is 0 Å². The number of nitrogens with zero attached hydrogens (tertiary/aromatic N) is 2. The van der Waals surface area contributed by atoms with E-state index in [4.69, 9.17) is 9.47 Å². The summed E-state index contributed by atoms with van der Waals surface area (Å²) in [7, 11) is 0. The molecule has 1 heterocycles. The minimum atomic E-state index is -0.847. The van der Waals surface area contributed by atoms with Crippen molar-refractivity contribution in [3.63, 3.8) is 0 Å². The Hall–Kier alpha value is -2.37. The highest BCUT2D eigenvalue weighted by atomic mass is 16.6. The van der Waals surface area contributed by atoms with Gasteiger partial charge in [-0.2, -0.15) is 4.90 Å². The van der Waals surface area contributed by atoms with Crippen LogP contribution in [0.2, 0.25) is 0 Å². The van der Waals surface area contributed by atoms with Crippen LogP contribution in [-0.2, 0) is 9.47 Å². The molecule has 6 heteroatoms. The van der Waals surface area contributed by atoms with Gasteiger partial charge in [0.2, 0.25) is 0 Å². The van der Waals surface area contributed by atoms with Crippen LogP contribution >= 0.6 is 0 Å². The van der Waals surface area contributed by atoms with Crippen LogP contribution < -0.4 is 4.90 Å².